The van der Waals surface area contributed by atoms with E-state index in [-0.39, 0.29) is 0 Å². The maximum atomic E-state index is 11.3. The molecule has 1 N–H and O–H groups in total. The van der Waals surface area contributed by atoms with Crippen LogP contribution in [0.3, 0.4) is 0 Å². The van der Waals surface area contributed by atoms with Crippen LogP contribution in [-0.4, -0.2) is 50.1 Å². The third-order valence-corrected chi connectivity index (χ3v) is 2.89. The minimum absolute atomic E-state index is 0.391. The fourth-order valence-corrected chi connectivity index (χ4v) is 1.87. The van der Waals surface area contributed by atoms with E-state index >= 15 is 0 Å². The van der Waals surface area contributed by atoms with E-state index in [9.17, 15) is 18.0 Å². The molecular formula is C7H8N2O5S. The lowest BCUT2D eigenvalue weighted by molar-refractivity contribution is -0.131. The maximum absolute atomic E-state index is 11.3. The number of amides is 1. The van der Waals surface area contributed by atoms with Gasteiger partial charge >= 0.3 is 5.97 Å². The van der Waals surface area contributed by atoms with Crippen LogP contribution in [0.4, 0.5) is 0 Å². The number of rotatable bonds is 2. The van der Waals surface area contributed by atoms with Gasteiger partial charge in [-0.05, 0) is 6.08 Å². The average Bonchev–Trinajstić information content (AvgIpc) is 2.39. The lowest BCUT2D eigenvalue weighted by atomic mass is 10.3. The van der Waals surface area contributed by atoms with Crippen LogP contribution in [0.5, 0.6) is 0 Å². The number of sulfonamides is 1. The first-order valence-electron chi connectivity index (χ1n) is 3.77. The summed E-state index contributed by atoms with van der Waals surface area (Å²) in [5.41, 5.74) is -0.391. The molecule has 0 bridgehead atoms. The number of carboxylic acid groups (broad SMARTS) is 1. The van der Waals surface area contributed by atoms with Gasteiger partial charge in [0.2, 0.25) is 0 Å². The Kier molecular flexibility index (Phi) is 2.63. The topological polar surface area (TPSA) is 104 Å². The molecule has 0 spiro atoms. The molecule has 0 saturated heterocycles. The van der Waals surface area contributed by atoms with Gasteiger partial charge in [-0.1, -0.05) is 0 Å². The van der Waals surface area contributed by atoms with Gasteiger partial charge in [-0.15, -0.1) is 0 Å². The number of carbonyl (C=O) groups is 2. The molecule has 0 radical (unpaired) electrons. The Hall–Kier alpha value is -1.70. The zero-order valence-electron chi connectivity index (χ0n) is 7.96. The summed E-state index contributed by atoms with van der Waals surface area (Å²) in [5.74, 6) is -2.28. The van der Waals surface area contributed by atoms with Crippen molar-refractivity contribution >= 4 is 27.6 Å². The molecule has 0 aromatic heterocycles. The SMILES string of the molecule is CN(C)C(=O)C1=NS(=O)(=O)C(C(=O)O)=C1. The summed E-state index contributed by atoms with van der Waals surface area (Å²) in [6.45, 7) is 0. The first-order chi connectivity index (χ1) is 6.75. The quantitative estimate of drug-likeness (QED) is 0.645. The molecule has 1 amide bonds. The molecule has 0 aromatic rings. The average molecular weight is 232 g/mol. The van der Waals surface area contributed by atoms with E-state index in [1.165, 1.54) is 14.1 Å². The fourth-order valence-electron chi connectivity index (χ4n) is 0.906. The van der Waals surface area contributed by atoms with Crippen molar-refractivity contribution in [3.63, 3.8) is 0 Å². The summed E-state index contributed by atoms with van der Waals surface area (Å²) < 4.78 is 25.3. The van der Waals surface area contributed by atoms with Crippen LogP contribution < -0.4 is 0 Å². The Morgan fingerprint density at radius 3 is 2.27 bits per heavy atom. The molecule has 8 heteroatoms. The molecule has 0 unspecified atom stereocenters. The van der Waals surface area contributed by atoms with Gasteiger partial charge in [-0.25, -0.2) is 4.79 Å². The van der Waals surface area contributed by atoms with E-state index < -0.39 is 32.5 Å². The van der Waals surface area contributed by atoms with Crippen molar-refractivity contribution in [2.24, 2.45) is 4.40 Å². The molecule has 15 heavy (non-hydrogen) atoms. The van der Waals surface area contributed by atoms with Gasteiger partial charge in [0, 0.05) is 14.1 Å². The zero-order chi connectivity index (χ0) is 11.8. The maximum Gasteiger partial charge on any atom is 0.349 e. The van der Waals surface area contributed by atoms with Crippen molar-refractivity contribution in [1.29, 1.82) is 0 Å². The van der Waals surface area contributed by atoms with Crippen LogP contribution in [0, 0.1) is 0 Å². The zero-order valence-corrected chi connectivity index (χ0v) is 8.78. The molecule has 1 rings (SSSR count). The molecule has 0 saturated carbocycles. The van der Waals surface area contributed by atoms with Gasteiger partial charge in [0.15, 0.2) is 4.91 Å². The van der Waals surface area contributed by atoms with E-state index in [0.29, 0.717) is 0 Å². The Morgan fingerprint density at radius 1 is 1.40 bits per heavy atom. The van der Waals surface area contributed by atoms with Gasteiger partial charge in [-0.2, -0.15) is 12.8 Å². The van der Waals surface area contributed by atoms with E-state index in [2.05, 4.69) is 4.40 Å². The van der Waals surface area contributed by atoms with Crippen molar-refractivity contribution in [2.75, 3.05) is 14.1 Å². The highest BCUT2D eigenvalue weighted by Gasteiger charge is 2.33. The van der Waals surface area contributed by atoms with E-state index in [1.54, 1.807) is 0 Å². The van der Waals surface area contributed by atoms with Crippen LogP contribution in [0.1, 0.15) is 0 Å². The van der Waals surface area contributed by atoms with Gasteiger partial charge in [0.05, 0.1) is 0 Å². The lowest BCUT2D eigenvalue weighted by Crippen LogP contribution is -2.28. The first kappa shape index (κ1) is 11.4. The number of hydrogen-bond acceptors (Lipinski definition) is 4. The monoisotopic (exact) mass is 232 g/mol. The Balaban J connectivity index is 3.20. The molecule has 82 valence electrons. The third kappa shape index (κ3) is 2.04. The highest BCUT2D eigenvalue weighted by Crippen LogP contribution is 2.17. The van der Waals surface area contributed by atoms with Gasteiger partial charge in [0.1, 0.15) is 5.71 Å². The number of carboxylic acids is 1. The fraction of sp³-hybridized carbons (Fsp3) is 0.286. The van der Waals surface area contributed by atoms with Crippen LogP contribution in [-0.2, 0) is 19.6 Å². The largest absolute Gasteiger partial charge is 0.477 e. The standard InChI is InChI=1S/C7H8N2O5S/c1-9(2)6(10)4-3-5(7(11)12)15(13,14)8-4/h3H,1-2H3,(H,11,12). The molecule has 1 aliphatic heterocycles. The lowest BCUT2D eigenvalue weighted by Gasteiger charge is -2.06. The predicted octanol–water partition coefficient (Wildman–Crippen LogP) is -1.17. The first-order valence-corrected chi connectivity index (χ1v) is 5.21. The minimum atomic E-state index is -4.21. The van der Waals surface area contributed by atoms with E-state index in [1.807, 2.05) is 0 Å². The van der Waals surface area contributed by atoms with Crippen LogP contribution in [0.2, 0.25) is 0 Å². The van der Waals surface area contributed by atoms with Gasteiger partial charge in [0.25, 0.3) is 15.9 Å². The Labute approximate surface area is 85.8 Å². The predicted molar refractivity (Wildman–Crippen MR) is 50.8 cm³/mol. The summed E-state index contributed by atoms with van der Waals surface area (Å²) in [6, 6.07) is 0. The number of aliphatic carboxylic acids is 1. The molecule has 1 heterocycles. The summed E-state index contributed by atoms with van der Waals surface area (Å²) >= 11 is 0. The number of nitrogens with zero attached hydrogens (tertiary/aromatic N) is 2. The summed E-state index contributed by atoms with van der Waals surface area (Å²) in [5, 5.41) is 8.54. The van der Waals surface area contributed by atoms with Gasteiger partial charge < -0.3 is 10.0 Å². The van der Waals surface area contributed by atoms with Crippen molar-refractivity contribution in [2.45, 2.75) is 0 Å². The highest BCUT2D eigenvalue weighted by atomic mass is 32.2. The molecular weight excluding hydrogens is 224 g/mol. The van der Waals surface area contributed by atoms with Crippen molar-refractivity contribution in [3.05, 3.63) is 11.0 Å². The molecule has 0 fully saturated rings. The second-order valence-corrected chi connectivity index (χ2v) is 4.54. The van der Waals surface area contributed by atoms with Crippen LogP contribution >= 0.6 is 0 Å². The molecule has 0 aliphatic carbocycles. The van der Waals surface area contributed by atoms with Gasteiger partial charge in [-0.3, -0.25) is 4.79 Å². The Morgan fingerprint density at radius 2 is 1.93 bits per heavy atom. The second-order valence-electron chi connectivity index (χ2n) is 2.96. The van der Waals surface area contributed by atoms with Crippen molar-refractivity contribution < 1.29 is 23.1 Å². The normalized spacial score (nSPS) is 18.0. The number of carbonyl (C=O) groups excluding carboxylic acids is 1. The van der Waals surface area contributed by atoms with Crippen molar-refractivity contribution in [1.82, 2.24) is 4.90 Å². The highest BCUT2D eigenvalue weighted by molar-refractivity contribution is 7.95. The van der Waals surface area contributed by atoms with Crippen LogP contribution in [0.15, 0.2) is 15.4 Å². The molecule has 7 nitrogen and oxygen atoms in total. The molecule has 0 atom stereocenters. The van der Waals surface area contributed by atoms with Crippen molar-refractivity contribution in [3.8, 4) is 0 Å². The smallest absolute Gasteiger partial charge is 0.349 e. The van der Waals surface area contributed by atoms with E-state index in [0.717, 1.165) is 11.0 Å². The molecule has 1 aliphatic rings. The van der Waals surface area contributed by atoms with Crippen LogP contribution in [0.25, 0.3) is 0 Å². The summed E-state index contributed by atoms with van der Waals surface area (Å²) in [7, 11) is -1.40. The minimum Gasteiger partial charge on any atom is -0.477 e. The number of hydrogen-bond donors (Lipinski definition) is 1. The summed E-state index contributed by atoms with van der Waals surface area (Å²) in [6.07, 6.45) is 0.750. The van der Waals surface area contributed by atoms with E-state index in [4.69, 9.17) is 5.11 Å². The Bertz CT molecular complexity index is 486. The molecule has 0 aromatic carbocycles. The summed E-state index contributed by atoms with van der Waals surface area (Å²) in [4.78, 5) is 22.0. The second kappa shape index (κ2) is 3.46. The third-order valence-electron chi connectivity index (χ3n) is 1.60.